The zero-order valence-corrected chi connectivity index (χ0v) is 12.6. The number of fused-ring (bicyclic) bond motifs is 1. The van der Waals surface area contributed by atoms with Gasteiger partial charge in [-0.2, -0.15) is 9.78 Å². The van der Waals surface area contributed by atoms with Gasteiger partial charge >= 0.3 is 5.69 Å². The summed E-state index contributed by atoms with van der Waals surface area (Å²) in [5.41, 5.74) is 2.59. The van der Waals surface area contributed by atoms with Gasteiger partial charge < -0.3 is 0 Å². The van der Waals surface area contributed by atoms with Crippen molar-refractivity contribution in [1.82, 2.24) is 9.24 Å². The molecule has 23 heavy (non-hydrogen) atoms. The van der Waals surface area contributed by atoms with Crippen LogP contribution in [0.3, 0.4) is 0 Å². The van der Waals surface area contributed by atoms with Crippen molar-refractivity contribution in [2.45, 2.75) is 6.92 Å². The Morgan fingerprint density at radius 1 is 1.09 bits per heavy atom. The maximum absolute atomic E-state index is 12.3. The first-order chi connectivity index (χ1) is 11.0. The molecule has 0 aliphatic rings. The largest absolute Gasteiger partial charge is 0.349 e. The molecule has 0 fully saturated rings. The van der Waals surface area contributed by atoms with E-state index in [9.17, 15) is 14.9 Å². The van der Waals surface area contributed by atoms with Crippen LogP contribution < -0.4 is 5.69 Å². The number of rotatable bonds is 3. The monoisotopic (exact) mass is 310 g/mol. The Hall–Kier alpha value is -3.22. The molecule has 3 rings (SSSR count). The summed E-state index contributed by atoms with van der Waals surface area (Å²) in [5, 5.41) is 15.1. The summed E-state index contributed by atoms with van der Waals surface area (Å²) in [6, 6.07) is 13.4. The first-order valence-electron chi connectivity index (χ1n) is 6.96. The molecule has 0 bridgehead atoms. The Kier molecular flexibility index (Phi) is 3.53. The zero-order chi connectivity index (χ0) is 16.6. The van der Waals surface area contributed by atoms with Gasteiger partial charge in [0, 0.05) is 19.2 Å². The molecule has 7 nitrogen and oxygen atoms in total. The fourth-order valence-electron chi connectivity index (χ4n) is 2.40. The summed E-state index contributed by atoms with van der Waals surface area (Å²) < 4.78 is 2.87. The number of para-hydroxylation sites is 2. The van der Waals surface area contributed by atoms with E-state index in [1.54, 1.807) is 26.1 Å². The lowest BCUT2D eigenvalue weighted by Crippen LogP contribution is -2.20. The van der Waals surface area contributed by atoms with Gasteiger partial charge in [0.1, 0.15) is 0 Å². The molecule has 0 amide bonds. The number of nitro groups is 1. The summed E-state index contributed by atoms with van der Waals surface area (Å²) in [5.74, 6) is 0. The molecular weight excluding hydrogens is 296 g/mol. The first-order valence-corrected chi connectivity index (χ1v) is 6.96. The van der Waals surface area contributed by atoms with Crippen molar-refractivity contribution < 1.29 is 4.92 Å². The van der Waals surface area contributed by atoms with Crippen LogP contribution in [-0.4, -0.2) is 19.9 Å². The Bertz CT molecular complexity index is 981. The Labute approximate surface area is 131 Å². The van der Waals surface area contributed by atoms with Gasteiger partial charge in [-0.25, -0.2) is 4.79 Å². The van der Waals surface area contributed by atoms with Gasteiger partial charge in [0.15, 0.2) is 0 Å². The van der Waals surface area contributed by atoms with Crippen molar-refractivity contribution in [2.75, 3.05) is 0 Å². The van der Waals surface area contributed by atoms with Gasteiger partial charge in [0.05, 0.1) is 21.7 Å². The van der Waals surface area contributed by atoms with Crippen LogP contribution in [-0.2, 0) is 7.05 Å². The fraction of sp³-hybridized carbons (Fsp3) is 0.125. The van der Waals surface area contributed by atoms with E-state index in [4.69, 9.17) is 0 Å². The summed E-state index contributed by atoms with van der Waals surface area (Å²) in [7, 11) is 1.69. The van der Waals surface area contributed by atoms with Crippen molar-refractivity contribution in [1.29, 1.82) is 0 Å². The molecule has 0 spiro atoms. The second-order valence-corrected chi connectivity index (χ2v) is 5.13. The van der Waals surface area contributed by atoms with Crippen LogP contribution in [0.2, 0.25) is 0 Å². The highest BCUT2D eigenvalue weighted by Crippen LogP contribution is 2.14. The van der Waals surface area contributed by atoms with Gasteiger partial charge in [-0.3, -0.25) is 14.7 Å². The van der Waals surface area contributed by atoms with Crippen molar-refractivity contribution in [2.24, 2.45) is 12.1 Å². The second-order valence-electron chi connectivity index (χ2n) is 5.13. The molecule has 116 valence electrons. The smallest absolute Gasteiger partial charge is 0.293 e. The first kappa shape index (κ1) is 14.7. The number of benzene rings is 2. The quantitative estimate of drug-likeness (QED) is 0.423. The third-order valence-electron chi connectivity index (χ3n) is 3.69. The van der Waals surface area contributed by atoms with Crippen LogP contribution >= 0.6 is 0 Å². The minimum Gasteiger partial charge on any atom is -0.293 e. The zero-order valence-electron chi connectivity index (χ0n) is 12.6. The van der Waals surface area contributed by atoms with Crippen LogP contribution in [0.1, 0.15) is 12.5 Å². The third kappa shape index (κ3) is 2.52. The van der Waals surface area contributed by atoms with Crippen molar-refractivity contribution in [3.05, 3.63) is 74.7 Å². The lowest BCUT2D eigenvalue weighted by atomic mass is 10.1. The normalized spacial score (nSPS) is 11.8. The average Bonchev–Trinajstić information content (AvgIpc) is 2.80. The number of imidazole rings is 1. The second kappa shape index (κ2) is 5.53. The van der Waals surface area contributed by atoms with Crippen LogP contribution in [0.5, 0.6) is 0 Å². The Morgan fingerprint density at radius 3 is 2.30 bits per heavy atom. The SMILES string of the molecule is CC(=Nn1c(=O)n(C)c2ccccc21)c1ccc([N+](=O)[O-])cc1. The number of aryl methyl sites for hydroxylation is 1. The van der Waals surface area contributed by atoms with E-state index in [1.165, 1.54) is 21.4 Å². The van der Waals surface area contributed by atoms with Crippen LogP contribution in [0, 0.1) is 10.1 Å². The third-order valence-corrected chi connectivity index (χ3v) is 3.69. The lowest BCUT2D eigenvalue weighted by molar-refractivity contribution is -0.384. The molecular formula is C16H14N4O3. The van der Waals surface area contributed by atoms with E-state index in [2.05, 4.69) is 5.10 Å². The lowest BCUT2D eigenvalue weighted by Gasteiger charge is -2.01. The highest BCUT2D eigenvalue weighted by Gasteiger charge is 2.10. The summed E-state index contributed by atoms with van der Waals surface area (Å²) in [4.78, 5) is 22.6. The van der Waals surface area contributed by atoms with Gasteiger partial charge in [-0.15, -0.1) is 0 Å². The summed E-state index contributed by atoms with van der Waals surface area (Å²) >= 11 is 0. The molecule has 0 saturated carbocycles. The highest BCUT2D eigenvalue weighted by atomic mass is 16.6. The summed E-state index contributed by atoms with van der Waals surface area (Å²) in [6.45, 7) is 1.76. The van der Waals surface area contributed by atoms with Crippen LogP contribution in [0.25, 0.3) is 11.0 Å². The maximum Gasteiger partial charge on any atom is 0.349 e. The molecule has 0 aliphatic heterocycles. The molecule has 0 unspecified atom stereocenters. The van der Waals surface area contributed by atoms with Crippen molar-refractivity contribution in [3.63, 3.8) is 0 Å². The van der Waals surface area contributed by atoms with E-state index in [1.807, 2.05) is 24.3 Å². The Balaban J connectivity index is 2.09. The molecule has 1 aromatic heterocycles. The molecule has 0 aliphatic carbocycles. The van der Waals surface area contributed by atoms with E-state index in [-0.39, 0.29) is 11.4 Å². The molecule has 7 heteroatoms. The molecule has 3 aromatic rings. The number of hydrogen-bond donors (Lipinski definition) is 0. The van der Waals surface area contributed by atoms with E-state index >= 15 is 0 Å². The molecule has 0 N–H and O–H groups in total. The van der Waals surface area contributed by atoms with Crippen molar-refractivity contribution >= 4 is 22.4 Å². The molecule has 1 heterocycles. The van der Waals surface area contributed by atoms with Crippen LogP contribution in [0.15, 0.2) is 58.4 Å². The molecule has 0 radical (unpaired) electrons. The topological polar surface area (TPSA) is 82.4 Å². The number of nitrogens with zero attached hydrogens (tertiary/aromatic N) is 4. The summed E-state index contributed by atoms with van der Waals surface area (Å²) in [6.07, 6.45) is 0. The number of hydrogen-bond acceptors (Lipinski definition) is 4. The number of non-ortho nitro benzene ring substituents is 1. The molecule has 2 aromatic carbocycles. The predicted molar refractivity (Wildman–Crippen MR) is 87.9 cm³/mol. The predicted octanol–water partition coefficient (Wildman–Crippen LogP) is 2.52. The van der Waals surface area contributed by atoms with Gasteiger partial charge in [-0.1, -0.05) is 12.1 Å². The van der Waals surface area contributed by atoms with E-state index in [0.29, 0.717) is 11.2 Å². The van der Waals surface area contributed by atoms with E-state index in [0.717, 1.165) is 11.1 Å². The minimum atomic E-state index is -0.453. The standard InChI is InChI=1S/C16H14N4O3/c1-11(12-7-9-13(10-8-12)20(22)23)17-19-15-6-4-3-5-14(15)18(2)16(19)21/h3-10H,1-2H3. The van der Waals surface area contributed by atoms with Gasteiger partial charge in [-0.05, 0) is 36.8 Å². The number of nitro benzene ring substituents is 1. The minimum absolute atomic E-state index is 0.0175. The highest BCUT2D eigenvalue weighted by molar-refractivity contribution is 5.99. The average molecular weight is 310 g/mol. The van der Waals surface area contributed by atoms with Crippen LogP contribution in [0.4, 0.5) is 5.69 Å². The van der Waals surface area contributed by atoms with E-state index < -0.39 is 4.92 Å². The fourth-order valence-corrected chi connectivity index (χ4v) is 2.40. The molecule has 0 atom stereocenters. The maximum atomic E-state index is 12.3. The van der Waals surface area contributed by atoms with Gasteiger partial charge in [0.25, 0.3) is 5.69 Å². The van der Waals surface area contributed by atoms with Gasteiger partial charge in [0.2, 0.25) is 0 Å². The number of aromatic nitrogens is 2. The molecule has 0 saturated heterocycles. The van der Waals surface area contributed by atoms with Crippen molar-refractivity contribution in [3.8, 4) is 0 Å². The Morgan fingerprint density at radius 2 is 1.70 bits per heavy atom.